The standard InChI is InChI=1S/C10H18N2O3S/c1-8(2)6-12(3)16(14,15)10-4-9(7-13)11-5-10/h4-5,8,11,13H,6-7H2,1-3H3. The van der Waals surface area contributed by atoms with Crippen LogP contribution in [0, 0.1) is 5.92 Å². The first-order chi connectivity index (χ1) is 7.37. The Morgan fingerprint density at radius 1 is 1.50 bits per heavy atom. The van der Waals surface area contributed by atoms with E-state index in [0.29, 0.717) is 12.2 Å². The van der Waals surface area contributed by atoms with Crippen LogP contribution in [0.3, 0.4) is 0 Å². The predicted molar refractivity (Wildman–Crippen MR) is 61.4 cm³/mol. The van der Waals surface area contributed by atoms with Crippen molar-refractivity contribution in [1.29, 1.82) is 0 Å². The highest BCUT2D eigenvalue weighted by molar-refractivity contribution is 7.89. The second-order valence-electron chi connectivity index (χ2n) is 4.20. The molecule has 0 unspecified atom stereocenters. The summed E-state index contributed by atoms with van der Waals surface area (Å²) in [6.45, 7) is 4.20. The molecule has 0 fully saturated rings. The van der Waals surface area contributed by atoms with Gasteiger partial charge in [-0.1, -0.05) is 13.8 Å². The van der Waals surface area contributed by atoms with Crippen LogP contribution in [0.15, 0.2) is 17.2 Å². The average Bonchev–Trinajstić information content (AvgIpc) is 2.65. The van der Waals surface area contributed by atoms with Gasteiger partial charge in [0.1, 0.15) is 0 Å². The van der Waals surface area contributed by atoms with E-state index in [1.54, 1.807) is 7.05 Å². The summed E-state index contributed by atoms with van der Waals surface area (Å²) in [6, 6.07) is 1.45. The van der Waals surface area contributed by atoms with Gasteiger partial charge in [0.25, 0.3) is 0 Å². The first kappa shape index (κ1) is 13.2. The highest BCUT2D eigenvalue weighted by atomic mass is 32.2. The van der Waals surface area contributed by atoms with Gasteiger partial charge in [0, 0.05) is 25.5 Å². The van der Waals surface area contributed by atoms with Crippen molar-refractivity contribution in [2.45, 2.75) is 25.3 Å². The summed E-state index contributed by atoms with van der Waals surface area (Å²) in [4.78, 5) is 2.91. The molecule has 1 heterocycles. The molecular formula is C10H18N2O3S. The zero-order chi connectivity index (χ0) is 12.3. The van der Waals surface area contributed by atoms with E-state index in [2.05, 4.69) is 4.98 Å². The normalized spacial score (nSPS) is 12.6. The van der Waals surface area contributed by atoms with Crippen LogP contribution in [0.5, 0.6) is 0 Å². The molecule has 0 spiro atoms. The molecule has 5 nitrogen and oxygen atoms in total. The molecule has 0 atom stereocenters. The summed E-state index contributed by atoms with van der Waals surface area (Å²) >= 11 is 0. The maximum atomic E-state index is 12.0. The Balaban J connectivity index is 2.92. The maximum absolute atomic E-state index is 12.0. The molecule has 0 aliphatic rings. The van der Waals surface area contributed by atoms with Crippen LogP contribution >= 0.6 is 0 Å². The van der Waals surface area contributed by atoms with E-state index in [0.717, 1.165) is 0 Å². The van der Waals surface area contributed by atoms with Gasteiger partial charge < -0.3 is 10.1 Å². The first-order valence-corrected chi connectivity index (χ1v) is 6.56. The molecule has 0 bridgehead atoms. The smallest absolute Gasteiger partial charge is 0.244 e. The number of H-pyrrole nitrogens is 1. The number of hydrogen-bond donors (Lipinski definition) is 2. The number of rotatable bonds is 5. The molecule has 1 aromatic rings. The van der Waals surface area contributed by atoms with Gasteiger partial charge in [-0.3, -0.25) is 0 Å². The minimum Gasteiger partial charge on any atom is -0.390 e. The number of aliphatic hydroxyl groups is 1. The Kier molecular flexibility index (Phi) is 4.12. The summed E-state index contributed by atoms with van der Waals surface area (Å²) in [5.41, 5.74) is 0.497. The van der Waals surface area contributed by atoms with Crippen LogP contribution in [0.25, 0.3) is 0 Å². The third-order valence-electron chi connectivity index (χ3n) is 2.22. The zero-order valence-corrected chi connectivity index (χ0v) is 10.6. The molecule has 0 aliphatic heterocycles. The van der Waals surface area contributed by atoms with Crippen molar-refractivity contribution in [3.63, 3.8) is 0 Å². The van der Waals surface area contributed by atoms with Crippen molar-refractivity contribution >= 4 is 10.0 Å². The van der Waals surface area contributed by atoms with E-state index in [-0.39, 0.29) is 17.4 Å². The molecule has 92 valence electrons. The summed E-state index contributed by atoms with van der Waals surface area (Å²) in [6.07, 6.45) is 1.40. The van der Waals surface area contributed by atoms with Crippen molar-refractivity contribution in [3.05, 3.63) is 18.0 Å². The Morgan fingerprint density at radius 2 is 2.12 bits per heavy atom. The number of sulfonamides is 1. The molecule has 16 heavy (non-hydrogen) atoms. The Labute approximate surface area is 96.1 Å². The molecule has 2 N–H and O–H groups in total. The average molecular weight is 246 g/mol. The van der Waals surface area contributed by atoms with Crippen LogP contribution in [0.2, 0.25) is 0 Å². The molecule has 0 aliphatic carbocycles. The number of nitrogens with zero attached hydrogens (tertiary/aromatic N) is 1. The zero-order valence-electron chi connectivity index (χ0n) is 9.77. The number of aromatic nitrogens is 1. The summed E-state index contributed by atoms with van der Waals surface area (Å²) in [5.74, 6) is 0.274. The van der Waals surface area contributed by atoms with Crippen LogP contribution in [-0.4, -0.2) is 36.4 Å². The maximum Gasteiger partial charge on any atom is 0.244 e. The van der Waals surface area contributed by atoms with Crippen LogP contribution in [-0.2, 0) is 16.6 Å². The highest BCUT2D eigenvalue weighted by Crippen LogP contribution is 2.16. The lowest BCUT2D eigenvalue weighted by Gasteiger charge is -2.18. The van der Waals surface area contributed by atoms with E-state index in [1.165, 1.54) is 16.6 Å². The fourth-order valence-electron chi connectivity index (χ4n) is 1.45. The van der Waals surface area contributed by atoms with Crippen LogP contribution < -0.4 is 0 Å². The number of aromatic amines is 1. The van der Waals surface area contributed by atoms with Gasteiger partial charge in [-0.05, 0) is 12.0 Å². The monoisotopic (exact) mass is 246 g/mol. The summed E-state index contributed by atoms with van der Waals surface area (Å²) < 4.78 is 25.4. The van der Waals surface area contributed by atoms with E-state index >= 15 is 0 Å². The van der Waals surface area contributed by atoms with Crippen molar-refractivity contribution < 1.29 is 13.5 Å². The molecule has 1 aromatic heterocycles. The van der Waals surface area contributed by atoms with Gasteiger partial charge in [0.05, 0.1) is 11.5 Å². The number of aliphatic hydroxyl groups excluding tert-OH is 1. The molecule has 0 aromatic carbocycles. The molecule has 0 radical (unpaired) electrons. The van der Waals surface area contributed by atoms with Gasteiger partial charge in [0.2, 0.25) is 10.0 Å². The van der Waals surface area contributed by atoms with E-state index in [1.807, 2.05) is 13.8 Å². The molecule has 1 rings (SSSR count). The lowest BCUT2D eigenvalue weighted by atomic mass is 10.2. The van der Waals surface area contributed by atoms with E-state index < -0.39 is 10.0 Å². The summed E-state index contributed by atoms with van der Waals surface area (Å²) in [5, 5.41) is 8.86. The second-order valence-corrected chi connectivity index (χ2v) is 6.24. The Hall–Kier alpha value is -0.850. The van der Waals surface area contributed by atoms with Gasteiger partial charge in [-0.15, -0.1) is 0 Å². The van der Waals surface area contributed by atoms with Gasteiger partial charge in [-0.25, -0.2) is 12.7 Å². The van der Waals surface area contributed by atoms with Crippen molar-refractivity contribution in [2.75, 3.05) is 13.6 Å². The first-order valence-electron chi connectivity index (χ1n) is 5.12. The highest BCUT2D eigenvalue weighted by Gasteiger charge is 2.22. The van der Waals surface area contributed by atoms with Crippen molar-refractivity contribution in [1.82, 2.24) is 9.29 Å². The Bertz CT molecular complexity index is 437. The quantitative estimate of drug-likeness (QED) is 0.806. The van der Waals surface area contributed by atoms with Crippen molar-refractivity contribution in [3.8, 4) is 0 Å². The lowest BCUT2D eigenvalue weighted by Crippen LogP contribution is -2.30. The molecule has 0 saturated heterocycles. The van der Waals surface area contributed by atoms with E-state index in [9.17, 15) is 8.42 Å². The molecule has 0 amide bonds. The molecule has 0 saturated carbocycles. The molecule has 6 heteroatoms. The lowest BCUT2D eigenvalue weighted by molar-refractivity contribution is 0.277. The third-order valence-corrected chi connectivity index (χ3v) is 4.02. The van der Waals surface area contributed by atoms with Crippen molar-refractivity contribution in [2.24, 2.45) is 5.92 Å². The fourth-order valence-corrected chi connectivity index (χ4v) is 2.80. The number of nitrogens with one attached hydrogen (secondary N) is 1. The second kappa shape index (κ2) is 4.99. The fraction of sp³-hybridized carbons (Fsp3) is 0.600. The van der Waals surface area contributed by atoms with Crippen LogP contribution in [0.4, 0.5) is 0 Å². The van der Waals surface area contributed by atoms with Gasteiger partial charge >= 0.3 is 0 Å². The summed E-state index contributed by atoms with van der Waals surface area (Å²) in [7, 11) is -1.88. The minimum absolute atomic E-state index is 0.191. The largest absolute Gasteiger partial charge is 0.390 e. The number of hydrogen-bond acceptors (Lipinski definition) is 3. The van der Waals surface area contributed by atoms with Crippen LogP contribution in [0.1, 0.15) is 19.5 Å². The topological polar surface area (TPSA) is 73.4 Å². The SMILES string of the molecule is CC(C)CN(C)S(=O)(=O)c1c[nH]c(CO)c1. The van der Waals surface area contributed by atoms with Gasteiger partial charge in [0.15, 0.2) is 0 Å². The third kappa shape index (κ3) is 2.84. The minimum atomic E-state index is -3.43. The van der Waals surface area contributed by atoms with Gasteiger partial charge in [-0.2, -0.15) is 0 Å². The predicted octanol–water partition coefficient (Wildman–Crippen LogP) is 0.783. The Morgan fingerprint density at radius 3 is 2.56 bits per heavy atom. The molecular weight excluding hydrogens is 228 g/mol. The van der Waals surface area contributed by atoms with E-state index in [4.69, 9.17) is 5.11 Å².